The Morgan fingerprint density at radius 1 is 1.00 bits per heavy atom. The van der Waals surface area contributed by atoms with Crippen molar-refractivity contribution < 1.29 is 0 Å². The van der Waals surface area contributed by atoms with Crippen LogP contribution in [-0.4, -0.2) is 5.71 Å². The van der Waals surface area contributed by atoms with Crippen LogP contribution in [0.5, 0.6) is 0 Å². The third-order valence-electron chi connectivity index (χ3n) is 2.46. The number of allylic oxidation sites excluding steroid dienone is 2. The number of nitrogens with zero attached hydrogens (tertiary/aromatic N) is 1. The summed E-state index contributed by atoms with van der Waals surface area (Å²) in [6.07, 6.45) is 1.01. The molecule has 1 heteroatoms. The predicted octanol–water partition coefficient (Wildman–Crippen LogP) is 4.20. The van der Waals surface area contributed by atoms with E-state index >= 15 is 0 Å². The Hall–Kier alpha value is -1.37. The molecule has 0 saturated heterocycles. The minimum absolute atomic E-state index is 1.01. The van der Waals surface area contributed by atoms with E-state index in [0.29, 0.717) is 0 Å². The van der Waals surface area contributed by atoms with Crippen LogP contribution in [0.4, 0.5) is 0 Å². The molecule has 2 rings (SSSR count). The third-order valence-corrected chi connectivity index (χ3v) is 2.46. The van der Waals surface area contributed by atoms with Crippen LogP contribution in [0.1, 0.15) is 39.7 Å². The fraction of sp³-hybridized carbons (Fsp3) is 0.357. The first-order chi connectivity index (χ1) is 7.27. The highest BCUT2D eigenvalue weighted by Crippen LogP contribution is 2.22. The summed E-state index contributed by atoms with van der Waals surface area (Å²) in [4.78, 5) is 4.54. The minimum atomic E-state index is 1.01. The SMILES string of the molecule is CC.CC1=C(C)N=C(c2ccccc2)C1. The van der Waals surface area contributed by atoms with E-state index in [0.717, 1.165) is 6.42 Å². The largest absolute Gasteiger partial charge is 0.257 e. The zero-order valence-electron chi connectivity index (χ0n) is 10.0. The first-order valence-corrected chi connectivity index (χ1v) is 5.57. The second kappa shape index (κ2) is 5.50. The molecule has 0 fully saturated rings. The summed E-state index contributed by atoms with van der Waals surface area (Å²) in [7, 11) is 0. The van der Waals surface area contributed by atoms with Crippen molar-refractivity contribution in [2.45, 2.75) is 34.1 Å². The molecule has 0 unspecified atom stereocenters. The smallest absolute Gasteiger partial charge is 0.0520 e. The fourth-order valence-corrected chi connectivity index (χ4v) is 1.51. The van der Waals surface area contributed by atoms with Gasteiger partial charge in [0, 0.05) is 12.1 Å². The van der Waals surface area contributed by atoms with Gasteiger partial charge in [0.25, 0.3) is 0 Å². The van der Waals surface area contributed by atoms with Gasteiger partial charge < -0.3 is 0 Å². The molecule has 0 spiro atoms. The predicted molar refractivity (Wildman–Crippen MR) is 67.3 cm³/mol. The highest BCUT2D eigenvalue weighted by molar-refractivity contribution is 6.04. The zero-order chi connectivity index (χ0) is 11.3. The summed E-state index contributed by atoms with van der Waals surface area (Å²) >= 11 is 0. The Morgan fingerprint density at radius 2 is 1.60 bits per heavy atom. The molecule has 1 aliphatic rings. The molecule has 1 aliphatic heterocycles. The normalized spacial score (nSPS) is 14.5. The number of hydrogen-bond donors (Lipinski definition) is 0. The molecule has 0 atom stereocenters. The molecule has 0 amide bonds. The van der Waals surface area contributed by atoms with Crippen molar-refractivity contribution >= 4 is 5.71 Å². The summed E-state index contributed by atoms with van der Waals surface area (Å²) in [5.74, 6) is 0. The lowest BCUT2D eigenvalue weighted by molar-refractivity contribution is 1.22. The van der Waals surface area contributed by atoms with Gasteiger partial charge in [-0.25, -0.2) is 0 Å². The topological polar surface area (TPSA) is 12.4 Å². The van der Waals surface area contributed by atoms with E-state index in [4.69, 9.17) is 0 Å². The van der Waals surface area contributed by atoms with Gasteiger partial charge in [-0.2, -0.15) is 0 Å². The Labute approximate surface area is 92.6 Å². The van der Waals surface area contributed by atoms with Crippen molar-refractivity contribution in [2.24, 2.45) is 4.99 Å². The summed E-state index contributed by atoms with van der Waals surface area (Å²) in [5.41, 5.74) is 5.02. The van der Waals surface area contributed by atoms with Crippen LogP contribution in [0.25, 0.3) is 0 Å². The maximum absolute atomic E-state index is 4.54. The lowest BCUT2D eigenvalue weighted by atomic mass is 10.1. The summed E-state index contributed by atoms with van der Waals surface area (Å²) in [5, 5.41) is 0. The lowest BCUT2D eigenvalue weighted by Gasteiger charge is -1.98. The van der Waals surface area contributed by atoms with Gasteiger partial charge in [-0.05, 0) is 25.0 Å². The molecular formula is C14H19N. The molecule has 0 radical (unpaired) electrons. The van der Waals surface area contributed by atoms with Crippen LogP contribution in [0.15, 0.2) is 46.6 Å². The highest BCUT2D eigenvalue weighted by Gasteiger charge is 2.12. The quantitative estimate of drug-likeness (QED) is 0.645. The van der Waals surface area contributed by atoms with E-state index in [-0.39, 0.29) is 0 Å². The lowest BCUT2D eigenvalue weighted by Crippen LogP contribution is -1.96. The molecular weight excluding hydrogens is 182 g/mol. The molecule has 0 saturated carbocycles. The van der Waals surface area contributed by atoms with Crippen molar-refractivity contribution in [1.29, 1.82) is 0 Å². The van der Waals surface area contributed by atoms with Gasteiger partial charge in [-0.1, -0.05) is 44.2 Å². The van der Waals surface area contributed by atoms with Gasteiger partial charge in [0.2, 0.25) is 0 Å². The van der Waals surface area contributed by atoms with Gasteiger partial charge in [0.15, 0.2) is 0 Å². The monoisotopic (exact) mass is 201 g/mol. The molecule has 0 bridgehead atoms. The Balaban J connectivity index is 0.000000531. The molecule has 0 aliphatic carbocycles. The highest BCUT2D eigenvalue weighted by atomic mass is 14.8. The Bertz CT molecular complexity index is 372. The van der Waals surface area contributed by atoms with Crippen LogP contribution < -0.4 is 0 Å². The first kappa shape index (κ1) is 11.7. The van der Waals surface area contributed by atoms with Gasteiger partial charge in [-0.3, -0.25) is 4.99 Å². The van der Waals surface area contributed by atoms with Crippen LogP contribution in [-0.2, 0) is 0 Å². The van der Waals surface area contributed by atoms with Crippen LogP contribution in [0.2, 0.25) is 0 Å². The van der Waals surface area contributed by atoms with Crippen molar-refractivity contribution in [2.75, 3.05) is 0 Å². The third kappa shape index (κ3) is 2.79. The van der Waals surface area contributed by atoms with Crippen LogP contribution in [0.3, 0.4) is 0 Å². The maximum atomic E-state index is 4.54. The van der Waals surface area contributed by atoms with Crippen molar-refractivity contribution in [1.82, 2.24) is 0 Å². The van der Waals surface area contributed by atoms with E-state index in [1.807, 2.05) is 19.9 Å². The average molecular weight is 201 g/mol. The number of hydrogen-bond acceptors (Lipinski definition) is 1. The van der Waals surface area contributed by atoms with Crippen molar-refractivity contribution in [3.05, 3.63) is 47.2 Å². The average Bonchev–Trinajstić information content (AvgIpc) is 2.63. The molecule has 1 aromatic carbocycles. The fourth-order valence-electron chi connectivity index (χ4n) is 1.51. The Kier molecular flexibility index (Phi) is 4.29. The standard InChI is InChI=1S/C12H13N.C2H6/c1-9-8-12(13-10(9)2)11-6-4-3-5-7-11;1-2/h3-7H,8H2,1-2H3;1-2H3. The van der Waals surface area contributed by atoms with E-state index in [1.54, 1.807) is 0 Å². The summed E-state index contributed by atoms with van der Waals surface area (Å²) in [6, 6.07) is 10.4. The zero-order valence-corrected chi connectivity index (χ0v) is 10.0. The summed E-state index contributed by atoms with van der Waals surface area (Å²) < 4.78 is 0. The molecule has 0 aromatic heterocycles. The maximum Gasteiger partial charge on any atom is 0.0520 e. The van der Waals surface area contributed by atoms with Crippen molar-refractivity contribution in [3.8, 4) is 0 Å². The molecule has 15 heavy (non-hydrogen) atoms. The molecule has 1 heterocycles. The molecule has 1 aromatic rings. The number of benzene rings is 1. The molecule has 80 valence electrons. The van der Waals surface area contributed by atoms with E-state index in [1.165, 1.54) is 22.5 Å². The van der Waals surface area contributed by atoms with Gasteiger partial charge in [-0.15, -0.1) is 0 Å². The molecule has 1 nitrogen and oxygen atoms in total. The Morgan fingerprint density at radius 3 is 2.07 bits per heavy atom. The summed E-state index contributed by atoms with van der Waals surface area (Å²) in [6.45, 7) is 8.22. The van der Waals surface area contributed by atoms with Gasteiger partial charge >= 0.3 is 0 Å². The van der Waals surface area contributed by atoms with Crippen LogP contribution >= 0.6 is 0 Å². The van der Waals surface area contributed by atoms with E-state index < -0.39 is 0 Å². The molecule has 0 N–H and O–H groups in total. The number of aliphatic imine (C=N–C) groups is 1. The minimum Gasteiger partial charge on any atom is -0.257 e. The van der Waals surface area contributed by atoms with Crippen LogP contribution in [0, 0.1) is 0 Å². The van der Waals surface area contributed by atoms with Gasteiger partial charge in [0.05, 0.1) is 5.71 Å². The first-order valence-electron chi connectivity index (χ1n) is 5.57. The van der Waals surface area contributed by atoms with E-state index in [2.05, 4.69) is 43.1 Å². The second-order valence-electron chi connectivity index (χ2n) is 3.47. The van der Waals surface area contributed by atoms with Gasteiger partial charge in [0.1, 0.15) is 0 Å². The number of rotatable bonds is 1. The van der Waals surface area contributed by atoms with Crippen molar-refractivity contribution in [3.63, 3.8) is 0 Å². The van der Waals surface area contributed by atoms with E-state index in [9.17, 15) is 0 Å². The second-order valence-corrected chi connectivity index (χ2v) is 3.47.